The zero-order chi connectivity index (χ0) is 23.3. The topological polar surface area (TPSA) is 92.8 Å². The first-order valence-corrected chi connectivity index (χ1v) is 12.2. The van der Waals surface area contributed by atoms with E-state index >= 15 is 0 Å². The molecule has 32 heavy (non-hydrogen) atoms. The number of esters is 1. The van der Waals surface area contributed by atoms with E-state index in [9.17, 15) is 18.0 Å². The first-order valence-electron chi connectivity index (χ1n) is 10.8. The Hall–Kier alpha value is -2.87. The van der Waals surface area contributed by atoms with Gasteiger partial charge in [0.15, 0.2) is 6.61 Å². The van der Waals surface area contributed by atoms with Gasteiger partial charge < -0.3 is 10.1 Å². The molecule has 1 N–H and O–H groups in total. The Morgan fingerprint density at radius 3 is 2.38 bits per heavy atom. The molecule has 0 atom stereocenters. The zero-order valence-electron chi connectivity index (χ0n) is 18.7. The standard InChI is InChI=1S/C24H30N2O5S/c1-17-7-11-20(12-8-17)25-23(27)16-31-24(28)19-5-4-6-22(15-19)32(29,30)26(3)21-13-9-18(2)10-14-21/h4-6,9-10,13-15,17,20H,7-8,11-12,16H2,1-3H3,(H,25,27). The summed E-state index contributed by atoms with van der Waals surface area (Å²) < 4.78 is 32.3. The molecule has 0 radical (unpaired) electrons. The quantitative estimate of drug-likeness (QED) is 0.639. The number of carbonyl (C=O) groups excluding carboxylic acids is 2. The first-order chi connectivity index (χ1) is 15.2. The maximum absolute atomic E-state index is 13.0. The molecule has 1 amide bonds. The van der Waals surface area contributed by atoms with Crippen LogP contribution in [0.5, 0.6) is 0 Å². The number of ether oxygens (including phenoxy) is 1. The Bertz CT molecular complexity index is 1060. The van der Waals surface area contributed by atoms with Crippen LogP contribution in [0.4, 0.5) is 5.69 Å². The van der Waals surface area contributed by atoms with Gasteiger partial charge >= 0.3 is 5.97 Å². The predicted molar refractivity (Wildman–Crippen MR) is 123 cm³/mol. The van der Waals surface area contributed by atoms with Crippen molar-refractivity contribution in [2.75, 3.05) is 18.0 Å². The summed E-state index contributed by atoms with van der Waals surface area (Å²) in [7, 11) is -2.41. The number of benzene rings is 2. The predicted octanol–water partition coefficient (Wildman–Crippen LogP) is 3.67. The third kappa shape index (κ3) is 5.88. The highest BCUT2D eigenvalue weighted by molar-refractivity contribution is 7.92. The van der Waals surface area contributed by atoms with Crippen LogP contribution in [0.1, 0.15) is 48.5 Å². The molecule has 0 bridgehead atoms. The molecule has 172 valence electrons. The average molecular weight is 459 g/mol. The van der Waals surface area contributed by atoms with Crippen LogP contribution in [0.15, 0.2) is 53.4 Å². The number of nitrogens with zero attached hydrogens (tertiary/aromatic N) is 1. The maximum atomic E-state index is 13.0. The van der Waals surface area contributed by atoms with E-state index in [-0.39, 0.29) is 22.4 Å². The number of hydrogen-bond donors (Lipinski definition) is 1. The molecule has 7 nitrogen and oxygen atoms in total. The summed E-state index contributed by atoms with van der Waals surface area (Å²) in [6.07, 6.45) is 4.00. The van der Waals surface area contributed by atoms with Gasteiger partial charge in [0.25, 0.3) is 15.9 Å². The monoisotopic (exact) mass is 458 g/mol. The van der Waals surface area contributed by atoms with E-state index in [2.05, 4.69) is 12.2 Å². The molecule has 0 unspecified atom stereocenters. The molecule has 1 fully saturated rings. The number of carbonyl (C=O) groups is 2. The van der Waals surface area contributed by atoms with Crippen molar-refractivity contribution >= 4 is 27.6 Å². The summed E-state index contributed by atoms with van der Waals surface area (Å²) in [5.74, 6) is -0.414. The van der Waals surface area contributed by atoms with Crippen molar-refractivity contribution in [3.05, 3.63) is 59.7 Å². The van der Waals surface area contributed by atoms with Gasteiger partial charge in [-0.1, -0.05) is 30.7 Å². The summed E-state index contributed by atoms with van der Waals surface area (Å²) >= 11 is 0. The van der Waals surface area contributed by atoms with Gasteiger partial charge in [0.2, 0.25) is 0 Å². The van der Waals surface area contributed by atoms with Crippen LogP contribution in [-0.2, 0) is 19.6 Å². The second-order valence-electron chi connectivity index (χ2n) is 8.44. The lowest BCUT2D eigenvalue weighted by atomic mass is 9.87. The molecule has 0 spiro atoms. The first kappa shape index (κ1) is 23.8. The molecular weight excluding hydrogens is 428 g/mol. The Balaban J connectivity index is 1.62. The number of amides is 1. The number of sulfonamides is 1. The summed E-state index contributed by atoms with van der Waals surface area (Å²) in [5, 5.41) is 2.90. The highest BCUT2D eigenvalue weighted by Gasteiger charge is 2.24. The number of anilines is 1. The van der Waals surface area contributed by atoms with Crippen LogP contribution in [0.3, 0.4) is 0 Å². The summed E-state index contributed by atoms with van der Waals surface area (Å²) in [6.45, 7) is 3.72. The largest absolute Gasteiger partial charge is 0.452 e. The van der Waals surface area contributed by atoms with E-state index in [1.807, 2.05) is 19.1 Å². The second kappa shape index (κ2) is 10.2. The van der Waals surface area contributed by atoms with Crippen molar-refractivity contribution in [3.63, 3.8) is 0 Å². The fourth-order valence-corrected chi connectivity index (χ4v) is 4.97. The van der Waals surface area contributed by atoms with Crippen LogP contribution in [0, 0.1) is 12.8 Å². The van der Waals surface area contributed by atoms with E-state index in [0.717, 1.165) is 35.6 Å². The SMILES string of the molecule is Cc1ccc(N(C)S(=O)(=O)c2cccc(C(=O)OCC(=O)NC3CCC(C)CC3)c2)cc1. The van der Waals surface area contributed by atoms with Gasteiger partial charge in [-0.15, -0.1) is 0 Å². The van der Waals surface area contributed by atoms with Crippen LogP contribution >= 0.6 is 0 Å². The van der Waals surface area contributed by atoms with Gasteiger partial charge in [-0.25, -0.2) is 13.2 Å². The minimum absolute atomic E-state index is 0.0317. The van der Waals surface area contributed by atoms with E-state index in [1.54, 1.807) is 12.1 Å². The van der Waals surface area contributed by atoms with Gasteiger partial charge in [-0.3, -0.25) is 9.10 Å². The molecule has 2 aromatic carbocycles. The maximum Gasteiger partial charge on any atom is 0.338 e. The summed E-state index contributed by atoms with van der Waals surface area (Å²) in [6, 6.07) is 12.8. The van der Waals surface area contributed by atoms with E-state index in [1.165, 1.54) is 31.3 Å². The molecule has 8 heteroatoms. The van der Waals surface area contributed by atoms with Gasteiger partial charge in [0, 0.05) is 13.1 Å². The molecule has 1 aliphatic carbocycles. The highest BCUT2D eigenvalue weighted by atomic mass is 32.2. The Labute approximate surface area is 189 Å². The summed E-state index contributed by atoms with van der Waals surface area (Å²) in [5.41, 5.74) is 1.60. The van der Waals surface area contributed by atoms with Crippen molar-refractivity contribution in [1.29, 1.82) is 0 Å². The fraction of sp³-hybridized carbons (Fsp3) is 0.417. The van der Waals surface area contributed by atoms with Crippen molar-refractivity contribution < 1.29 is 22.7 Å². The molecule has 0 saturated heterocycles. The molecule has 0 heterocycles. The minimum Gasteiger partial charge on any atom is -0.452 e. The Morgan fingerprint density at radius 1 is 1.06 bits per heavy atom. The Morgan fingerprint density at radius 2 is 1.72 bits per heavy atom. The van der Waals surface area contributed by atoms with Gasteiger partial charge in [0.1, 0.15) is 0 Å². The lowest BCUT2D eigenvalue weighted by Crippen LogP contribution is -2.39. The third-order valence-electron chi connectivity index (χ3n) is 5.84. The molecule has 3 rings (SSSR count). The van der Waals surface area contributed by atoms with Crippen molar-refractivity contribution in [3.8, 4) is 0 Å². The lowest BCUT2D eigenvalue weighted by molar-refractivity contribution is -0.125. The lowest BCUT2D eigenvalue weighted by Gasteiger charge is -2.26. The van der Waals surface area contributed by atoms with Crippen LogP contribution in [0.2, 0.25) is 0 Å². The third-order valence-corrected chi connectivity index (χ3v) is 7.62. The molecule has 0 aromatic heterocycles. The Kier molecular flexibility index (Phi) is 7.56. The molecule has 1 aliphatic rings. The zero-order valence-corrected chi connectivity index (χ0v) is 19.5. The van der Waals surface area contributed by atoms with E-state index in [0.29, 0.717) is 11.6 Å². The molecule has 1 saturated carbocycles. The van der Waals surface area contributed by atoms with Crippen LogP contribution < -0.4 is 9.62 Å². The van der Waals surface area contributed by atoms with Gasteiger partial charge in [-0.2, -0.15) is 0 Å². The number of hydrogen-bond acceptors (Lipinski definition) is 5. The highest BCUT2D eigenvalue weighted by Crippen LogP contribution is 2.24. The van der Waals surface area contributed by atoms with Crippen LogP contribution in [-0.4, -0.2) is 40.0 Å². The fourth-order valence-electron chi connectivity index (χ4n) is 3.72. The number of aryl methyl sites for hydroxylation is 1. The average Bonchev–Trinajstić information content (AvgIpc) is 2.79. The van der Waals surface area contributed by atoms with E-state index in [4.69, 9.17) is 4.74 Å². The number of rotatable bonds is 7. The second-order valence-corrected chi connectivity index (χ2v) is 10.4. The van der Waals surface area contributed by atoms with Crippen molar-refractivity contribution in [2.24, 2.45) is 5.92 Å². The smallest absolute Gasteiger partial charge is 0.338 e. The van der Waals surface area contributed by atoms with Crippen molar-refractivity contribution in [2.45, 2.75) is 50.5 Å². The summed E-state index contributed by atoms with van der Waals surface area (Å²) in [4.78, 5) is 24.5. The number of nitrogens with one attached hydrogen (secondary N) is 1. The van der Waals surface area contributed by atoms with Crippen molar-refractivity contribution in [1.82, 2.24) is 5.32 Å². The van der Waals surface area contributed by atoms with Crippen LogP contribution in [0.25, 0.3) is 0 Å². The normalized spacial score (nSPS) is 18.6. The van der Waals surface area contributed by atoms with Gasteiger partial charge in [0.05, 0.1) is 16.1 Å². The molecular formula is C24H30N2O5S. The minimum atomic E-state index is -3.87. The van der Waals surface area contributed by atoms with E-state index < -0.39 is 22.6 Å². The van der Waals surface area contributed by atoms with Gasteiger partial charge in [-0.05, 0) is 68.9 Å². The molecule has 0 aliphatic heterocycles. The molecule has 2 aromatic rings.